The lowest BCUT2D eigenvalue weighted by Crippen LogP contribution is -2.02. The van der Waals surface area contributed by atoms with Gasteiger partial charge in [0.05, 0.1) is 0 Å². The number of ether oxygens (including phenoxy) is 1. The summed E-state index contributed by atoms with van der Waals surface area (Å²) in [6.45, 7) is 1.94. The molecule has 0 amide bonds. The Labute approximate surface area is 111 Å². The van der Waals surface area contributed by atoms with Crippen LogP contribution in [0.1, 0.15) is 40.1 Å². The molecule has 1 N–H and O–H groups in total. The van der Waals surface area contributed by atoms with E-state index < -0.39 is 6.10 Å². The third-order valence-electron chi connectivity index (χ3n) is 3.44. The lowest BCUT2D eigenvalue weighted by Gasteiger charge is -2.13. The summed E-state index contributed by atoms with van der Waals surface area (Å²) < 4.78 is 5.71. The Hall–Kier alpha value is -2.13. The van der Waals surface area contributed by atoms with Crippen LogP contribution in [0.4, 0.5) is 0 Å². The summed E-state index contributed by atoms with van der Waals surface area (Å²) in [4.78, 5) is 11.4. The van der Waals surface area contributed by atoms with E-state index in [1.165, 1.54) is 6.92 Å². The first-order chi connectivity index (χ1) is 9.16. The van der Waals surface area contributed by atoms with Crippen molar-refractivity contribution in [1.29, 1.82) is 0 Å². The summed E-state index contributed by atoms with van der Waals surface area (Å²) in [5.41, 5.74) is 3.04. The maximum absolute atomic E-state index is 11.4. The van der Waals surface area contributed by atoms with Crippen molar-refractivity contribution in [2.75, 3.05) is 0 Å². The van der Waals surface area contributed by atoms with Gasteiger partial charge in [0.1, 0.15) is 18.5 Å². The van der Waals surface area contributed by atoms with Gasteiger partial charge in [0.15, 0.2) is 5.78 Å². The molecule has 0 fully saturated rings. The van der Waals surface area contributed by atoms with Crippen molar-refractivity contribution in [3.63, 3.8) is 0 Å². The number of ketones is 1. The molecular formula is C16H14O3. The van der Waals surface area contributed by atoms with E-state index in [-0.39, 0.29) is 5.78 Å². The summed E-state index contributed by atoms with van der Waals surface area (Å²) in [6, 6.07) is 12.8. The topological polar surface area (TPSA) is 46.5 Å². The van der Waals surface area contributed by atoms with Crippen molar-refractivity contribution in [1.82, 2.24) is 0 Å². The van der Waals surface area contributed by atoms with Gasteiger partial charge in [-0.1, -0.05) is 24.3 Å². The maximum Gasteiger partial charge on any atom is 0.159 e. The molecule has 0 radical (unpaired) electrons. The number of fused-ring (bicyclic) bond motifs is 2. The minimum absolute atomic E-state index is 0.0208. The van der Waals surface area contributed by atoms with Crippen LogP contribution in [0.15, 0.2) is 42.5 Å². The van der Waals surface area contributed by atoms with Crippen LogP contribution in [0.3, 0.4) is 0 Å². The molecular weight excluding hydrogens is 240 g/mol. The van der Waals surface area contributed by atoms with Gasteiger partial charge in [-0.25, -0.2) is 0 Å². The van der Waals surface area contributed by atoms with Crippen LogP contribution in [0.2, 0.25) is 0 Å². The van der Waals surface area contributed by atoms with Gasteiger partial charge in [0.25, 0.3) is 0 Å². The molecule has 1 heterocycles. The largest absolute Gasteiger partial charge is 0.488 e. The summed E-state index contributed by atoms with van der Waals surface area (Å²) in [7, 11) is 0. The Kier molecular flexibility index (Phi) is 2.84. The molecule has 19 heavy (non-hydrogen) atoms. The van der Waals surface area contributed by atoms with E-state index in [1.54, 1.807) is 18.2 Å². The fraction of sp³-hybridized carbons (Fsp3) is 0.188. The predicted molar refractivity (Wildman–Crippen MR) is 71.3 cm³/mol. The molecule has 3 nitrogen and oxygen atoms in total. The fourth-order valence-electron chi connectivity index (χ4n) is 2.37. The lowest BCUT2D eigenvalue weighted by atomic mass is 9.96. The molecule has 1 atom stereocenters. The predicted octanol–water partition coefficient (Wildman–Crippen LogP) is 2.86. The summed E-state index contributed by atoms with van der Waals surface area (Å²) >= 11 is 0. The minimum atomic E-state index is -0.756. The highest BCUT2D eigenvalue weighted by Gasteiger charge is 2.23. The molecule has 1 aliphatic heterocycles. The number of aliphatic hydroxyl groups excluding tert-OH is 1. The zero-order chi connectivity index (χ0) is 13.4. The summed E-state index contributed by atoms with van der Waals surface area (Å²) in [6.07, 6.45) is -0.756. The van der Waals surface area contributed by atoms with Gasteiger partial charge in [-0.3, -0.25) is 4.79 Å². The Morgan fingerprint density at radius 3 is 2.79 bits per heavy atom. The average Bonchev–Trinajstić information content (AvgIpc) is 2.57. The van der Waals surface area contributed by atoms with E-state index in [9.17, 15) is 9.90 Å². The number of hydrogen-bond donors (Lipinski definition) is 1. The van der Waals surface area contributed by atoms with Gasteiger partial charge >= 0.3 is 0 Å². The molecule has 2 aromatic carbocycles. The Balaban J connectivity index is 2.15. The number of rotatable bonds is 1. The van der Waals surface area contributed by atoms with Gasteiger partial charge in [-0.2, -0.15) is 0 Å². The van der Waals surface area contributed by atoms with Crippen molar-refractivity contribution >= 4 is 5.78 Å². The molecule has 0 bridgehead atoms. The standard InChI is InChI=1S/C16H14O3/c1-10(17)11-6-7-15-14(8-11)16(18)13-5-3-2-4-12(13)9-19-15/h2-8,16,18H,9H2,1H3. The first-order valence-corrected chi connectivity index (χ1v) is 6.20. The third-order valence-corrected chi connectivity index (χ3v) is 3.44. The molecule has 0 aliphatic carbocycles. The quantitative estimate of drug-likeness (QED) is 0.796. The Bertz CT molecular complexity index is 646. The number of Topliss-reactive ketones (excluding diaryl/α,β-unsaturated/α-hetero) is 1. The average molecular weight is 254 g/mol. The van der Waals surface area contributed by atoms with Gasteiger partial charge in [-0.05, 0) is 36.2 Å². The smallest absolute Gasteiger partial charge is 0.159 e. The van der Waals surface area contributed by atoms with Gasteiger partial charge in [0, 0.05) is 11.1 Å². The lowest BCUT2D eigenvalue weighted by molar-refractivity contribution is 0.101. The fourth-order valence-corrected chi connectivity index (χ4v) is 2.37. The van der Waals surface area contributed by atoms with Crippen molar-refractivity contribution in [3.8, 4) is 5.75 Å². The second-order valence-corrected chi connectivity index (χ2v) is 4.70. The number of carbonyl (C=O) groups is 1. The molecule has 0 saturated heterocycles. The van der Waals surface area contributed by atoms with E-state index in [2.05, 4.69) is 0 Å². The molecule has 0 saturated carbocycles. The number of benzene rings is 2. The zero-order valence-corrected chi connectivity index (χ0v) is 10.6. The van der Waals surface area contributed by atoms with E-state index in [1.807, 2.05) is 24.3 Å². The normalized spacial score (nSPS) is 16.8. The highest BCUT2D eigenvalue weighted by atomic mass is 16.5. The van der Waals surface area contributed by atoms with Crippen LogP contribution in [0.5, 0.6) is 5.75 Å². The van der Waals surface area contributed by atoms with E-state index in [4.69, 9.17) is 4.74 Å². The van der Waals surface area contributed by atoms with Crippen LogP contribution in [0, 0.1) is 0 Å². The van der Waals surface area contributed by atoms with Crippen molar-refractivity contribution in [2.45, 2.75) is 19.6 Å². The first kappa shape index (κ1) is 11.9. The SMILES string of the molecule is CC(=O)c1ccc2c(c1)C(O)c1ccccc1CO2. The molecule has 0 spiro atoms. The molecule has 3 rings (SSSR count). The monoisotopic (exact) mass is 254 g/mol. The zero-order valence-electron chi connectivity index (χ0n) is 10.6. The highest BCUT2D eigenvalue weighted by molar-refractivity contribution is 5.94. The summed E-state index contributed by atoms with van der Waals surface area (Å²) in [5, 5.41) is 10.5. The molecule has 1 unspecified atom stereocenters. The Morgan fingerprint density at radius 1 is 1.21 bits per heavy atom. The first-order valence-electron chi connectivity index (χ1n) is 6.20. The third kappa shape index (κ3) is 2.02. The maximum atomic E-state index is 11.4. The summed E-state index contributed by atoms with van der Waals surface area (Å²) in [5.74, 6) is 0.612. The number of aliphatic hydroxyl groups is 1. The molecule has 3 heteroatoms. The van der Waals surface area contributed by atoms with Crippen molar-refractivity contribution in [2.24, 2.45) is 0 Å². The van der Waals surface area contributed by atoms with Crippen LogP contribution in [-0.4, -0.2) is 10.9 Å². The van der Waals surface area contributed by atoms with E-state index in [0.29, 0.717) is 23.5 Å². The second kappa shape index (κ2) is 4.52. The van der Waals surface area contributed by atoms with Crippen LogP contribution < -0.4 is 4.74 Å². The minimum Gasteiger partial charge on any atom is -0.488 e. The van der Waals surface area contributed by atoms with Crippen LogP contribution in [0.25, 0.3) is 0 Å². The van der Waals surface area contributed by atoms with Gasteiger partial charge in [-0.15, -0.1) is 0 Å². The molecule has 2 aromatic rings. The number of carbonyl (C=O) groups excluding carboxylic acids is 1. The molecule has 1 aliphatic rings. The van der Waals surface area contributed by atoms with E-state index in [0.717, 1.165) is 11.1 Å². The van der Waals surface area contributed by atoms with Crippen molar-refractivity contribution in [3.05, 3.63) is 64.7 Å². The van der Waals surface area contributed by atoms with Crippen molar-refractivity contribution < 1.29 is 14.6 Å². The number of hydrogen-bond acceptors (Lipinski definition) is 3. The molecule has 0 aromatic heterocycles. The van der Waals surface area contributed by atoms with Gasteiger partial charge < -0.3 is 9.84 Å². The van der Waals surface area contributed by atoms with E-state index >= 15 is 0 Å². The van der Waals surface area contributed by atoms with Crippen LogP contribution >= 0.6 is 0 Å². The van der Waals surface area contributed by atoms with Crippen LogP contribution in [-0.2, 0) is 6.61 Å². The second-order valence-electron chi connectivity index (χ2n) is 4.70. The Morgan fingerprint density at radius 2 is 2.00 bits per heavy atom. The molecule has 96 valence electrons. The highest BCUT2D eigenvalue weighted by Crippen LogP contribution is 2.36. The van der Waals surface area contributed by atoms with Gasteiger partial charge in [0.2, 0.25) is 0 Å².